The van der Waals surface area contributed by atoms with Crippen molar-refractivity contribution in [3.8, 4) is 0 Å². The van der Waals surface area contributed by atoms with E-state index in [-0.39, 0.29) is 5.56 Å². The first-order valence-electron chi connectivity index (χ1n) is 4.86. The molecule has 5 nitrogen and oxygen atoms in total. The molecule has 0 aliphatic heterocycles. The molecule has 17 heavy (non-hydrogen) atoms. The lowest BCUT2D eigenvalue weighted by atomic mass is 10.2. The van der Waals surface area contributed by atoms with E-state index in [1.165, 1.54) is 6.07 Å². The van der Waals surface area contributed by atoms with Crippen molar-refractivity contribution in [2.45, 2.75) is 0 Å². The maximum atomic E-state index is 10.8. The molecule has 1 aromatic carbocycles. The van der Waals surface area contributed by atoms with Crippen LogP contribution in [0, 0.1) is 0 Å². The summed E-state index contributed by atoms with van der Waals surface area (Å²) in [7, 11) is 1.83. The molecule has 88 valence electrons. The van der Waals surface area contributed by atoms with Crippen molar-refractivity contribution in [3.63, 3.8) is 0 Å². The number of anilines is 2. The van der Waals surface area contributed by atoms with Gasteiger partial charge in [-0.3, -0.25) is 4.68 Å². The molecule has 0 spiro atoms. The minimum absolute atomic E-state index is 0.233. The van der Waals surface area contributed by atoms with Gasteiger partial charge < -0.3 is 10.4 Å². The van der Waals surface area contributed by atoms with Gasteiger partial charge in [-0.1, -0.05) is 0 Å². The van der Waals surface area contributed by atoms with Gasteiger partial charge in [0.25, 0.3) is 0 Å². The minimum Gasteiger partial charge on any atom is -0.478 e. The summed E-state index contributed by atoms with van der Waals surface area (Å²) >= 11 is 3.22. The SMILES string of the molecule is Cn1ccc(Nc2ccc(C(=O)O)c(Br)c2)n1. The number of hydrogen-bond acceptors (Lipinski definition) is 3. The third-order valence-electron chi connectivity index (χ3n) is 2.19. The van der Waals surface area contributed by atoms with Crippen molar-refractivity contribution in [3.05, 3.63) is 40.5 Å². The molecule has 2 N–H and O–H groups in total. The second-order valence-electron chi connectivity index (χ2n) is 3.50. The summed E-state index contributed by atoms with van der Waals surface area (Å²) in [6, 6.07) is 6.78. The van der Waals surface area contributed by atoms with Crippen LogP contribution in [0.1, 0.15) is 10.4 Å². The number of nitrogens with one attached hydrogen (secondary N) is 1. The van der Waals surface area contributed by atoms with Crippen molar-refractivity contribution in [1.29, 1.82) is 0 Å². The molecule has 0 aliphatic rings. The largest absolute Gasteiger partial charge is 0.478 e. The number of aromatic nitrogens is 2. The third-order valence-corrected chi connectivity index (χ3v) is 2.84. The van der Waals surface area contributed by atoms with Crippen LogP contribution in [0.25, 0.3) is 0 Å². The second-order valence-corrected chi connectivity index (χ2v) is 4.35. The first-order chi connectivity index (χ1) is 8.06. The number of aromatic carboxylic acids is 1. The quantitative estimate of drug-likeness (QED) is 0.913. The number of aryl methyl sites for hydroxylation is 1. The number of hydrogen-bond donors (Lipinski definition) is 2. The third kappa shape index (κ3) is 2.65. The van der Waals surface area contributed by atoms with Gasteiger partial charge >= 0.3 is 5.97 Å². The second kappa shape index (κ2) is 4.58. The van der Waals surface area contributed by atoms with Crippen molar-refractivity contribution in [1.82, 2.24) is 9.78 Å². The van der Waals surface area contributed by atoms with Gasteiger partial charge in [0, 0.05) is 29.5 Å². The molecule has 2 aromatic rings. The average molecular weight is 296 g/mol. The molecule has 0 radical (unpaired) electrons. The summed E-state index contributed by atoms with van der Waals surface area (Å²) in [6.07, 6.45) is 1.82. The average Bonchev–Trinajstić information content (AvgIpc) is 2.63. The van der Waals surface area contributed by atoms with Crippen LogP contribution in [-0.2, 0) is 7.05 Å². The smallest absolute Gasteiger partial charge is 0.336 e. The highest BCUT2D eigenvalue weighted by Crippen LogP contribution is 2.23. The Morgan fingerprint density at radius 1 is 1.47 bits per heavy atom. The Morgan fingerprint density at radius 2 is 2.24 bits per heavy atom. The molecule has 0 fully saturated rings. The number of benzene rings is 1. The van der Waals surface area contributed by atoms with E-state index < -0.39 is 5.97 Å². The zero-order chi connectivity index (χ0) is 12.4. The minimum atomic E-state index is -0.957. The predicted octanol–water partition coefficient (Wildman–Crippen LogP) is 2.62. The van der Waals surface area contributed by atoms with E-state index in [0.717, 1.165) is 5.69 Å². The zero-order valence-electron chi connectivity index (χ0n) is 9.01. The first-order valence-corrected chi connectivity index (χ1v) is 5.65. The highest BCUT2D eigenvalue weighted by Gasteiger charge is 2.08. The standard InChI is InChI=1S/C11H10BrN3O2/c1-15-5-4-10(14-15)13-7-2-3-8(11(16)17)9(12)6-7/h2-6H,1H3,(H,13,14)(H,16,17). The highest BCUT2D eigenvalue weighted by atomic mass is 79.9. The summed E-state index contributed by atoms with van der Waals surface area (Å²) in [4.78, 5) is 10.8. The van der Waals surface area contributed by atoms with Crippen molar-refractivity contribution in [2.24, 2.45) is 7.05 Å². The van der Waals surface area contributed by atoms with E-state index >= 15 is 0 Å². The van der Waals surface area contributed by atoms with Gasteiger partial charge in [-0.05, 0) is 34.1 Å². The maximum Gasteiger partial charge on any atom is 0.336 e. The number of rotatable bonds is 3. The topological polar surface area (TPSA) is 67.2 Å². The maximum absolute atomic E-state index is 10.8. The number of carboxylic acids is 1. The lowest BCUT2D eigenvalue weighted by Crippen LogP contribution is -1.99. The van der Waals surface area contributed by atoms with Crippen LogP contribution in [0.15, 0.2) is 34.9 Å². The molecule has 0 saturated heterocycles. The molecule has 2 rings (SSSR count). The van der Waals surface area contributed by atoms with E-state index in [1.54, 1.807) is 16.8 Å². The van der Waals surface area contributed by atoms with E-state index in [2.05, 4.69) is 26.3 Å². The number of carbonyl (C=O) groups is 1. The molecule has 0 amide bonds. The molecule has 0 atom stereocenters. The summed E-state index contributed by atoms with van der Waals surface area (Å²) in [5.74, 6) is -0.247. The van der Waals surface area contributed by atoms with Gasteiger partial charge in [0.05, 0.1) is 5.56 Å². The molecule has 6 heteroatoms. The summed E-state index contributed by atoms with van der Waals surface area (Å²) in [6.45, 7) is 0. The Balaban J connectivity index is 2.23. The molecule has 1 aromatic heterocycles. The Labute approximate surface area is 106 Å². The summed E-state index contributed by atoms with van der Waals surface area (Å²) in [5.41, 5.74) is 1.01. The van der Waals surface area contributed by atoms with Crippen LogP contribution in [0.4, 0.5) is 11.5 Å². The molecule has 0 unspecified atom stereocenters. The Bertz CT molecular complexity index is 566. The van der Waals surface area contributed by atoms with Gasteiger partial charge in [0.1, 0.15) is 0 Å². The summed E-state index contributed by atoms with van der Waals surface area (Å²) < 4.78 is 2.22. The van der Waals surface area contributed by atoms with E-state index in [1.807, 2.05) is 19.3 Å². The van der Waals surface area contributed by atoms with Gasteiger partial charge in [-0.25, -0.2) is 4.79 Å². The van der Waals surface area contributed by atoms with Crippen molar-refractivity contribution < 1.29 is 9.90 Å². The lowest BCUT2D eigenvalue weighted by molar-refractivity contribution is 0.0696. The molecular weight excluding hydrogens is 286 g/mol. The Hall–Kier alpha value is -1.82. The fourth-order valence-corrected chi connectivity index (χ4v) is 1.94. The Morgan fingerprint density at radius 3 is 2.76 bits per heavy atom. The monoisotopic (exact) mass is 295 g/mol. The van der Waals surface area contributed by atoms with Gasteiger partial charge in [0.2, 0.25) is 0 Å². The zero-order valence-corrected chi connectivity index (χ0v) is 10.6. The van der Waals surface area contributed by atoms with Crippen LogP contribution in [0.3, 0.4) is 0 Å². The van der Waals surface area contributed by atoms with E-state index in [4.69, 9.17) is 5.11 Å². The van der Waals surface area contributed by atoms with Crippen molar-refractivity contribution in [2.75, 3.05) is 5.32 Å². The van der Waals surface area contributed by atoms with E-state index in [9.17, 15) is 4.79 Å². The fraction of sp³-hybridized carbons (Fsp3) is 0.0909. The van der Waals surface area contributed by atoms with Crippen LogP contribution < -0.4 is 5.32 Å². The van der Waals surface area contributed by atoms with E-state index in [0.29, 0.717) is 10.3 Å². The van der Waals surface area contributed by atoms with Crippen LogP contribution >= 0.6 is 15.9 Å². The van der Waals surface area contributed by atoms with Crippen LogP contribution in [-0.4, -0.2) is 20.9 Å². The first kappa shape index (κ1) is 11.7. The molecule has 0 aliphatic carbocycles. The van der Waals surface area contributed by atoms with Gasteiger partial charge in [-0.15, -0.1) is 0 Å². The highest BCUT2D eigenvalue weighted by molar-refractivity contribution is 9.10. The van der Waals surface area contributed by atoms with Crippen LogP contribution in [0.2, 0.25) is 0 Å². The fourth-order valence-electron chi connectivity index (χ4n) is 1.40. The van der Waals surface area contributed by atoms with Gasteiger partial charge in [0.15, 0.2) is 5.82 Å². The normalized spacial score (nSPS) is 10.2. The molecule has 1 heterocycles. The predicted molar refractivity (Wildman–Crippen MR) is 67.6 cm³/mol. The lowest BCUT2D eigenvalue weighted by Gasteiger charge is -2.05. The van der Waals surface area contributed by atoms with Gasteiger partial charge in [-0.2, -0.15) is 5.10 Å². The van der Waals surface area contributed by atoms with Crippen LogP contribution in [0.5, 0.6) is 0 Å². The number of halogens is 1. The summed E-state index contributed by atoms with van der Waals surface area (Å²) in [5, 5.41) is 16.1. The number of carboxylic acid groups (broad SMARTS) is 1. The molecule has 0 bridgehead atoms. The molecular formula is C11H10BrN3O2. The van der Waals surface area contributed by atoms with Crippen molar-refractivity contribution >= 4 is 33.4 Å². The number of nitrogens with zero attached hydrogens (tertiary/aromatic N) is 2. The Kier molecular flexibility index (Phi) is 3.14. The molecule has 0 saturated carbocycles.